The number of esters is 1. The molecule has 1 aliphatic heterocycles. The third kappa shape index (κ3) is 7.77. The highest BCUT2D eigenvalue weighted by Crippen LogP contribution is 2.19. The normalized spacial score (nSPS) is 17.4. The number of amides is 2. The molecule has 13 heteroatoms. The van der Waals surface area contributed by atoms with E-state index < -0.39 is 50.9 Å². The minimum atomic E-state index is -4.01. The summed E-state index contributed by atoms with van der Waals surface area (Å²) >= 11 is 0. The van der Waals surface area contributed by atoms with E-state index in [-0.39, 0.29) is 22.3 Å². The monoisotopic (exact) mass is 517 g/mol. The first-order valence-corrected chi connectivity index (χ1v) is 14.1. The number of likely N-dealkylation sites (N-methyl/N-ethyl adjacent to an activating group) is 1. The molecule has 1 heterocycles. The molecule has 0 radical (unpaired) electrons. The maximum Gasteiger partial charge on any atom is 0.321 e. The first kappa shape index (κ1) is 27.7. The van der Waals surface area contributed by atoms with Gasteiger partial charge in [-0.05, 0) is 37.1 Å². The lowest BCUT2D eigenvalue weighted by Gasteiger charge is -2.28. The summed E-state index contributed by atoms with van der Waals surface area (Å²) in [6.45, 7) is 2.41. The van der Waals surface area contributed by atoms with Crippen molar-refractivity contribution in [2.24, 2.45) is 0 Å². The number of benzene rings is 1. The fraction of sp³-hybridized carbons (Fsp3) is 0.571. The van der Waals surface area contributed by atoms with Gasteiger partial charge in [-0.1, -0.05) is 13.3 Å². The highest BCUT2D eigenvalue weighted by Gasteiger charge is 2.34. The Morgan fingerprint density at radius 1 is 1.18 bits per heavy atom. The minimum Gasteiger partial charge on any atom is -0.455 e. The second-order valence-electron chi connectivity index (χ2n) is 8.12. The zero-order chi connectivity index (χ0) is 25.5. The molecule has 1 atom stereocenters. The molecule has 2 rings (SSSR count). The Bertz CT molecular complexity index is 1100. The number of sulfonamides is 1. The molecular formula is C21H31N3O8S2. The predicted molar refractivity (Wildman–Crippen MR) is 125 cm³/mol. The van der Waals surface area contributed by atoms with Crippen molar-refractivity contribution in [3.63, 3.8) is 0 Å². The third-order valence-corrected chi connectivity index (χ3v) is 8.88. The van der Waals surface area contributed by atoms with Crippen LogP contribution >= 0.6 is 0 Å². The van der Waals surface area contributed by atoms with Crippen molar-refractivity contribution in [1.29, 1.82) is 0 Å². The molecule has 11 nitrogen and oxygen atoms in total. The summed E-state index contributed by atoms with van der Waals surface area (Å²) < 4.78 is 54.8. The van der Waals surface area contributed by atoms with Gasteiger partial charge in [-0.3, -0.25) is 14.4 Å². The molecule has 2 amide bonds. The average Bonchev–Trinajstić information content (AvgIpc) is 3.11. The topological polar surface area (TPSA) is 147 Å². The van der Waals surface area contributed by atoms with Crippen molar-refractivity contribution in [1.82, 2.24) is 9.21 Å². The van der Waals surface area contributed by atoms with Crippen LogP contribution in [0, 0.1) is 0 Å². The molecule has 0 saturated carbocycles. The second kappa shape index (κ2) is 11.8. The molecule has 1 aromatic rings. The Hall–Kier alpha value is -2.51. The van der Waals surface area contributed by atoms with Gasteiger partial charge in [0.05, 0.1) is 16.4 Å². The van der Waals surface area contributed by atoms with Crippen LogP contribution in [0.4, 0.5) is 5.69 Å². The number of nitrogens with one attached hydrogen (secondary N) is 1. The van der Waals surface area contributed by atoms with Crippen LogP contribution in [0.1, 0.15) is 33.1 Å². The molecule has 0 aliphatic carbocycles. The van der Waals surface area contributed by atoms with Crippen LogP contribution in [0.25, 0.3) is 0 Å². The van der Waals surface area contributed by atoms with Crippen molar-refractivity contribution in [3.8, 4) is 0 Å². The van der Waals surface area contributed by atoms with Gasteiger partial charge < -0.3 is 15.0 Å². The van der Waals surface area contributed by atoms with E-state index in [1.54, 1.807) is 0 Å². The Kier molecular flexibility index (Phi) is 9.59. The second-order valence-corrected chi connectivity index (χ2v) is 12.4. The van der Waals surface area contributed by atoms with E-state index >= 15 is 0 Å². The Morgan fingerprint density at radius 3 is 2.35 bits per heavy atom. The smallest absolute Gasteiger partial charge is 0.321 e. The van der Waals surface area contributed by atoms with Crippen molar-refractivity contribution < 1.29 is 36.0 Å². The number of hydrogen-bond donors (Lipinski definition) is 1. The van der Waals surface area contributed by atoms with E-state index in [1.165, 1.54) is 43.1 Å². The molecule has 0 unspecified atom stereocenters. The first-order valence-electron chi connectivity index (χ1n) is 10.8. The summed E-state index contributed by atoms with van der Waals surface area (Å²) in [5.74, 6) is -1.82. The quantitative estimate of drug-likeness (QED) is 0.420. The van der Waals surface area contributed by atoms with Crippen LogP contribution in [0.3, 0.4) is 0 Å². The van der Waals surface area contributed by atoms with Gasteiger partial charge in [-0.2, -0.15) is 4.31 Å². The lowest BCUT2D eigenvalue weighted by Crippen LogP contribution is -2.44. The van der Waals surface area contributed by atoms with Crippen LogP contribution in [0.2, 0.25) is 0 Å². The van der Waals surface area contributed by atoms with Crippen molar-refractivity contribution in [3.05, 3.63) is 24.3 Å². The zero-order valence-electron chi connectivity index (χ0n) is 19.5. The van der Waals surface area contributed by atoms with Gasteiger partial charge in [0.15, 0.2) is 16.4 Å². The molecular weight excluding hydrogens is 486 g/mol. The Balaban J connectivity index is 1.95. The molecule has 0 bridgehead atoms. The van der Waals surface area contributed by atoms with E-state index in [0.29, 0.717) is 25.1 Å². The van der Waals surface area contributed by atoms with Gasteiger partial charge >= 0.3 is 5.97 Å². The summed E-state index contributed by atoms with van der Waals surface area (Å²) in [7, 11) is -6.00. The number of sulfone groups is 1. The van der Waals surface area contributed by atoms with Crippen LogP contribution in [-0.2, 0) is 39.0 Å². The summed E-state index contributed by atoms with van der Waals surface area (Å²) in [4.78, 5) is 37.3. The molecule has 1 aromatic carbocycles. The van der Waals surface area contributed by atoms with Crippen molar-refractivity contribution in [2.45, 2.75) is 44.0 Å². The number of carbonyl (C=O) groups is 3. The largest absolute Gasteiger partial charge is 0.455 e. The molecule has 1 fully saturated rings. The standard InChI is InChI=1S/C21H31N3O8S2/c1-4-5-11-24(18-10-12-33(28,29)15-18)20(26)14-32-21(27)13-23(3)34(30,31)19-8-6-17(7-9-19)22-16(2)25/h6-9,18H,4-5,10-15H2,1-3H3,(H,22,25)/t18-/m1/s1. The number of hydrogen-bond acceptors (Lipinski definition) is 8. The van der Waals surface area contributed by atoms with Crippen molar-refractivity contribution >= 4 is 43.3 Å². The number of unbranched alkanes of at least 4 members (excludes halogenated alkanes) is 1. The van der Waals surface area contributed by atoms with Crippen LogP contribution in [0.5, 0.6) is 0 Å². The van der Waals surface area contributed by atoms with E-state index in [9.17, 15) is 31.2 Å². The van der Waals surface area contributed by atoms with Gasteiger partial charge in [0.1, 0.15) is 6.54 Å². The Morgan fingerprint density at radius 2 is 1.82 bits per heavy atom. The summed E-state index contributed by atoms with van der Waals surface area (Å²) in [6, 6.07) is 4.99. The molecule has 0 aromatic heterocycles. The lowest BCUT2D eigenvalue weighted by atomic mass is 10.2. The number of nitrogens with zero attached hydrogens (tertiary/aromatic N) is 2. The maximum atomic E-state index is 12.7. The first-order chi connectivity index (χ1) is 15.9. The summed E-state index contributed by atoms with van der Waals surface area (Å²) in [5, 5.41) is 2.53. The fourth-order valence-corrected chi connectivity index (χ4v) is 6.34. The molecule has 190 valence electrons. The molecule has 1 saturated heterocycles. The number of carbonyl (C=O) groups excluding carboxylic acids is 3. The van der Waals surface area contributed by atoms with Crippen LogP contribution in [0.15, 0.2) is 29.2 Å². The lowest BCUT2D eigenvalue weighted by molar-refractivity contribution is -0.152. The summed E-state index contributed by atoms with van der Waals surface area (Å²) in [5.41, 5.74) is 0.426. The van der Waals surface area contributed by atoms with E-state index in [1.807, 2.05) is 6.92 Å². The number of ether oxygens (including phenoxy) is 1. The number of anilines is 1. The van der Waals surface area contributed by atoms with Gasteiger partial charge in [0.2, 0.25) is 15.9 Å². The van der Waals surface area contributed by atoms with Crippen LogP contribution in [-0.4, -0.2) is 88.1 Å². The predicted octanol–water partition coefficient (Wildman–Crippen LogP) is 0.625. The highest BCUT2D eigenvalue weighted by molar-refractivity contribution is 7.91. The van der Waals surface area contributed by atoms with Crippen LogP contribution < -0.4 is 5.32 Å². The van der Waals surface area contributed by atoms with Crippen molar-refractivity contribution in [2.75, 3.05) is 43.6 Å². The third-order valence-electron chi connectivity index (χ3n) is 5.31. The minimum absolute atomic E-state index is 0.0157. The Labute approximate surface area is 200 Å². The molecule has 0 spiro atoms. The SMILES string of the molecule is CCCCN(C(=O)COC(=O)CN(C)S(=O)(=O)c1ccc(NC(C)=O)cc1)[C@@H]1CCS(=O)(=O)C1. The van der Waals surface area contributed by atoms with Gasteiger partial charge in [0.25, 0.3) is 5.91 Å². The average molecular weight is 518 g/mol. The fourth-order valence-electron chi connectivity index (χ4n) is 3.49. The molecule has 34 heavy (non-hydrogen) atoms. The van der Waals surface area contributed by atoms with E-state index in [4.69, 9.17) is 4.74 Å². The number of rotatable bonds is 11. The zero-order valence-corrected chi connectivity index (χ0v) is 21.2. The van der Waals surface area contributed by atoms with Gasteiger partial charge in [0, 0.05) is 32.2 Å². The molecule has 1 aliphatic rings. The highest BCUT2D eigenvalue weighted by atomic mass is 32.2. The van der Waals surface area contributed by atoms with E-state index in [2.05, 4.69) is 5.32 Å². The van der Waals surface area contributed by atoms with E-state index in [0.717, 1.165) is 10.7 Å². The summed E-state index contributed by atoms with van der Waals surface area (Å²) in [6.07, 6.45) is 1.82. The maximum absolute atomic E-state index is 12.7. The van der Waals surface area contributed by atoms with Gasteiger partial charge in [-0.15, -0.1) is 0 Å². The van der Waals surface area contributed by atoms with Gasteiger partial charge in [-0.25, -0.2) is 16.8 Å². The molecule has 1 N–H and O–H groups in total.